The van der Waals surface area contributed by atoms with Crippen LogP contribution in [0.3, 0.4) is 0 Å². The van der Waals surface area contributed by atoms with E-state index in [4.69, 9.17) is 9.15 Å². The molecule has 4 aromatic rings. The van der Waals surface area contributed by atoms with Crippen molar-refractivity contribution in [2.24, 2.45) is 0 Å². The maximum atomic E-state index is 14.0. The number of halogens is 1. The normalized spacial score (nSPS) is 15.6. The summed E-state index contributed by atoms with van der Waals surface area (Å²) < 4.78 is 54.2. The first kappa shape index (κ1) is 31.6. The van der Waals surface area contributed by atoms with E-state index in [1.807, 2.05) is 20.8 Å². The van der Waals surface area contributed by atoms with Crippen molar-refractivity contribution in [3.8, 4) is 0 Å². The summed E-state index contributed by atoms with van der Waals surface area (Å²) in [4.78, 5) is 28.8. The fraction of sp³-hybridized carbons (Fsp3) is 0.353. The third kappa shape index (κ3) is 7.26. The van der Waals surface area contributed by atoms with Crippen LogP contribution in [0.1, 0.15) is 50.3 Å². The second-order valence-corrected chi connectivity index (χ2v) is 14.1. The smallest absolute Gasteiger partial charge is 0.243 e. The Bertz CT molecular complexity index is 1770. The molecule has 1 aromatic heterocycles. The summed E-state index contributed by atoms with van der Waals surface area (Å²) in [6.07, 6.45) is 2.47. The van der Waals surface area contributed by atoms with Crippen molar-refractivity contribution in [1.29, 1.82) is 0 Å². The Balaban J connectivity index is 1.47. The van der Waals surface area contributed by atoms with Gasteiger partial charge in [-0.1, -0.05) is 57.2 Å². The number of ether oxygens (including phenoxy) is 1. The Morgan fingerprint density at radius 2 is 1.68 bits per heavy atom. The van der Waals surface area contributed by atoms with Crippen LogP contribution in [0.2, 0.25) is 0 Å². The van der Waals surface area contributed by atoms with E-state index < -0.39 is 28.3 Å². The molecule has 5 rings (SSSR count). The summed E-state index contributed by atoms with van der Waals surface area (Å²) in [5.74, 6) is -0.942. The Hall–Kier alpha value is -3.86. The first-order chi connectivity index (χ1) is 20.9. The minimum absolute atomic E-state index is 0.0115. The van der Waals surface area contributed by atoms with Crippen molar-refractivity contribution in [3.63, 3.8) is 0 Å². The highest BCUT2D eigenvalue weighted by Gasteiger charge is 2.33. The van der Waals surface area contributed by atoms with Gasteiger partial charge in [0.05, 0.1) is 41.3 Å². The van der Waals surface area contributed by atoms with Crippen molar-refractivity contribution in [2.75, 3.05) is 19.7 Å². The lowest BCUT2D eigenvalue weighted by Gasteiger charge is -2.29. The van der Waals surface area contributed by atoms with Crippen molar-refractivity contribution < 1.29 is 26.8 Å². The quantitative estimate of drug-likeness (QED) is 0.228. The lowest BCUT2D eigenvalue weighted by molar-refractivity contribution is -0.132. The van der Waals surface area contributed by atoms with E-state index in [0.29, 0.717) is 29.6 Å². The molecule has 232 valence electrons. The molecule has 0 radical (unpaired) electrons. The molecule has 1 unspecified atom stereocenters. The molecule has 2 heterocycles. The largest absolute Gasteiger partial charge is 0.464 e. The van der Waals surface area contributed by atoms with Crippen LogP contribution >= 0.6 is 0 Å². The Labute approximate surface area is 257 Å². The van der Waals surface area contributed by atoms with E-state index in [9.17, 15) is 22.4 Å². The molecule has 44 heavy (non-hydrogen) atoms. The van der Waals surface area contributed by atoms with Gasteiger partial charge in [-0.2, -0.15) is 4.31 Å². The lowest BCUT2D eigenvalue weighted by Crippen LogP contribution is -2.45. The van der Waals surface area contributed by atoms with Crippen LogP contribution in [-0.2, 0) is 38.1 Å². The molecule has 1 saturated heterocycles. The van der Waals surface area contributed by atoms with Gasteiger partial charge in [0.15, 0.2) is 5.43 Å². The first-order valence-electron chi connectivity index (χ1n) is 14.7. The van der Waals surface area contributed by atoms with Gasteiger partial charge in [-0.25, -0.2) is 12.8 Å². The lowest BCUT2D eigenvalue weighted by atomic mass is 9.87. The third-order valence-corrected chi connectivity index (χ3v) is 9.68. The number of hydrogen-bond acceptors (Lipinski definition) is 6. The predicted octanol–water partition coefficient (Wildman–Crippen LogP) is 5.63. The highest BCUT2D eigenvalue weighted by molar-refractivity contribution is 7.89. The minimum Gasteiger partial charge on any atom is -0.464 e. The molecule has 0 aliphatic carbocycles. The second-order valence-electron chi connectivity index (χ2n) is 12.2. The molecule has 0 bridgehead atoms. The molecule has 1 fully saturated rings. The third-order valence-electron chi connectivity index (χ3n) is 7.85. The van der Waals surface area contributed by atoms with E-state index in [1.165, 1.54) is 23.3 Å². The van der Waals surface area contributed by atoms with E-state index in [1.54, 1.807) is 60.7 Å². The number of rotatable bonds is 10. The molecule has 1 aliphatic rings. The number of carbonyl (C=O) groups is 1. The molecule has 0 saturated carbocycles. The Morgan fingerprint density at radius 1 is 0.977 bits per heavy atom. The maximum Gasteiger partial charge on any atom is 0.243 e. The van der Waals surface area contributed by atoms with Crippen molar-refractivity contribution in [2.45, 2.75) is 63.1 Å². The average molecular weight is 621 g/mol. The topological polar surface area (TPSA) is 97.1 Å². The number of amides is 1. The van der Waals surface area contributed by atoms with Crippen molar-refractivity contribution in [1.82, 2.24) is 9.21 Å². The van der Waals surface area contributed by atoms with Crippen LogP contribution in [0.4, 0.5) is 4.39 Å². The van der Waals surface area contributed by atoms with Gasteiger partial charge < -0.3 is 14.1 Å². The van der Waals surface area contributed by atoms with Gasteiger partial charge in [0.2, 0.25) is 15.9 Å². The molecule has 1 aliphatic heterocycles. The van der Waals surface area contributed by atoms with E-state index in [2.05, 4.69) is 0 Å². The summed E-state index contributed by atoms with van der Waals surface area (Å²) in [5.41, 5.74) is 1.82. The molecule has 1 atom stereocenters. The van der Waals surface area contributed by atoms with Gasteiger partial charge >= 0.3 is 0 Å². The highest BCUT2D eigenvalue weighted by Crippen LogP contribution is 2.26. The van der Waals surface area contributed by atoms with Crippen LogP contribution < -0.4 is 5.43 Å². The van der Waals surface area contributed by atoms with E-state index in [0.717, 1.165) is 16.3 Å². The molecular formula is C34H37FN2O6S. The van der Waals surface area contributed by atoms with Crippen LogP contribution in [0.15, 0.2) is 93.2 Å². The van der Waals surface area contributed by atoms with Gasteiger partial charge in [0, 0.05) is 19.7 Å². The molecule has 1 amide bonds. The molecular weight excluding hydrogens is 583 g/mol. The predicted molar refractivity (Wildman–Crippen MR) is 166 cm³/mol. The minimum atomic E-state index is -4.09. The summed E-state index contributed by atoms with van der Waals surface area (Å²) in [6.45, 7) is 6.11. The zero-order valence-electron chi connectivity index (χ0n) is 25.2. The molecule has 0 spiro atoms. The van der Waals surface area contributed by atoms with E-state index >= 15 is 0 Å². The second kappa shape index (κ2) is 13.0. The van der Waals surface area contributed by atoms with Crippen LogP contribution in [0.5, 0.6) is 0 Å². The SMILES string of the molecule is CC(C)(C)c1ccc(S(=O)(=O)N(CC(=O)N(Cc2ccc(F)cc2)Cc2coc3ccccc3c2=O)CC2CCCO2)cc1. The fourth-order valence-corrected chi connectivity index (χ4v) is 6.69. The standard InChI is InChI=1S/C34H37FN2O6S/c1-34(2,3)26-12-16-29(17-13-26)44(40,41)37(21-28-7-6-18-42-28)22-32(38)36(19-24-10-14-27(35)15-11-24)20-25-23-43-31-9-5-4-8-30(31)33(25)39/h4-5,8-17,23,28H,6-7,18-22H2,1-3H3. The van der Waals surface area contributed by atoms with Crippen molar-refractivity contribution in [3.05, 3.63) is 112 Å². The van der Waals surface area contributed by atoms with Crippen LogP contribution in [-0.4, -0.2) is 49.3 Å². The zero-order valence-corrected chi connectivity index (χ0v) is 26.0. The Morgan fingerprint density at radius 3 is 2.34 bits per heavy atom. The number of fused-ring (bicyclic) bond motifs is 1. The maximum absolute atomic E-state index is 14.0. The van der Waals surface area contributed by atoms with Crippen LogP contribution in [0, 0.1) is 5.82 Å². The van der Waals surface area contributed by atoms with Gasteiger partial charge in [0.25, 0.3) is 0 Å². The Kier molecular flexibility index (Phi) is 9.34. The van der Waals surface area contributed by atoms with Gasteiger partial charge in [-0.05, 0) is 65.8 Å². The molecule has 8 nitrogen and oxygen atoms in total. The summed E-state index contributed by atoms with van der Waals surface area (Å²) in [6, 6.07) is 19.2. The number of para-hydroxylation sites is 1. The number of benzene rings is 3. The van der Waals surface area contributed by atoms with E-state index in [-0.39, 0.29) is 47.0 Å². The summed E-state index contributed by atoms with van der Waals surface area (Å²) in [7, 11) is -4.09. The molecule has 10 heteroatoms. The monoisotopic (exact) mass is 620 g/mol. The van der Waals surface area contributed by atoms with Crippen molar-refractivity contribution >= 4 is 26.9 Å². The number of carbonyl (C=O) groups excluding carboxylic acids is 1. The number of nitrogens with zero attached hydrogens (tertiary/aromatic N) is 2. The molecule has 3 aromatic carbocycles. The summed E-state index contributed by atoms with van der Waals surface area (Å²) >= 11 is 0. The van der Waals surface area contributed by atoms with Gasteiger partial charge in [-0.3, -0.25) is 9.59 Å². The average Bonchev–Trinajstić information content (AvgIpc) is 3.52. The van der Waals surface area contributed by atoms with Gasteiger partial charge in [-0.15, -0.1) is 0 Å². The van der Waals surface area contributed by atoms with Crippen LogP contribution in [0.25, 0.3) is 11.0 Å². The number of sulfonamides is 1. The fourth-order valence-electron chi connectivity index (χ4n) is 5.27. The number of hydrogen-bond donors (Lipinski definition) is 0. The zero-order chi connectivity index (χ0) is 31.5. The highest BCUT2D eigenvalue weighted by atomic mass is 32.2. The van der Waals surface area contributed by atoms with Gasteiger partial charge in [0.1, 0.15) is 11.4 Å². The molecule has 0 N–H and O–H groups in total. The summed E-state index contributed by atoms with van der Waals surface area (Å²) in [5, 5.41) is 0.375. The first-order valence-corrected chi connectivity index (χ1v) is 16.1.